The second-order valence-electron chi connectivity index (χ2n) is 5.84. The van der Waals surface area contributed by atoms with Gasteiger partial charge >= 0.3 is 12.4 Å². The molecule has 1 aliphatic heterocycles. The maximum atomic E-state index is 13.2. The van der Waals surface area contributed by atoms with Gasteiger partial charge in [0, 0.05) is 19.6 Å². The van der Waals surface area contributed by atoms with Crippen LogP contribution in [0.3, 0.4) is 0 Å². The van der Waals surface area contributed by atoms with Gasteiger partial charge in [0.2, 0.25) is 5.91 Å². The van der Waals surface area contributed by atoms with E-state index in [0.29, 0.717) is 12.1 Å². The molecule has 1 saturated heterocycles. The Morgan fingerprint density at radius 3 is 2.27 bits per heavy atom. The fraction of sp³-hybridized carbons (Fsp3) is 0.467. The second kappa shape index (κ2) is 6.78. The van der Waals surface area contributed by atoms with Gasteiger partial charge in [-0.1, -0.05) is 0 Å². The van der Waals surface area contributed by atoms with Crippen LogP contribution in [0.2, 0.25) is 0 Å². The highest BCUT2D eigenvalue weighted by Crippen LogP contribution is 2.38. The Morgan fingerprint density at radius 2 is 1.77 bits per heavy atom. The van der Waals surface area contributed by atoms with Gasteiger partial charge in [0.25, 0.3) is 5.91 Å². The predicted octanol–water partition coefficient (Wildman–Crippen LogP) is 2.01. The van der Waals surface area contributed by atoms with Crippen molar-refractivity contribution >= 4 is 11.8 Å². The van der Waals surface area contributed by atoms with Crippen LogP contribution in [-0.4, -0.2) is 42.4 Å². The van der Waals surface area contributed by atoms with Crippen molar-refractivity contribution in [1.82, 2.24) is 10.2 Å². The molecule has 0 bridgehead atoms. The van der Waals surface area contributed by atoms with E-state index in [4.69, 9.17) is 5.73 Å². The highest BCUT2D eigenvalue weighted by Gasteiger charge is 2.43. The molecule has 3 N–H and O–H groups in total. The van der Waals surface area contributed by atoms with Gasteiger partial charge in [0.15, 0.2) is 0 Å². The molecule has 1 fully saturated rings. The Kier molecular flexibility index (Phi) is 5.22. The molecule has 1 heterocycles. The number of hydrogen-bond acceptors (Lipinski definition) is 3. The van der Waals surface area contributed by atoms with E-state index in [1.165, 1.54) is 7.05 Å². The quantitative estimate of drug-likeness (QED) is 0.768. The lowest BCUT2D eigenvalue weighted by atomic mass is 10.0. The van der Waals surface area contributed by atoms with Crippen LogP contribution in [-0.2, 0) is 17.1 Å². The summed E-state index contributed by atoms with van der Waals surface area (Å²) in [5.74, 6) is -1.82. The topological polar surface area (TPSA) is 75.4 Å². The van der Waals surface area contributed by atoms with Crippen LogP contribution < -0.4 is 11.1 Å². The first-order valence-corrected chi connectivity index (χ1v) is 7.42. The van der Waals surface area contributed by atoms with Crippen LogP contribution in [0, 0.1) is 0 Å². The fourth-order valence-corrected chi connectivity index (χ4v) is 2.80. The van der Waals surface area contributed by atoms with E-state index in [0.717, 1.165) is 4.90 Å². The van der Waals surface area contributed by atoms with E-state index >= 15 is 0 Å². The summed E-state index contributed by atoms with van der Waals surface area (Å²) in [6, 6.07) is -0.972. The van der Waals surface area contributed by atoms with Gasteiger partial charge < -0.3 is 16.0 Å². The molecule has 11 heteroatoms. The molecule has 2 atom stereocenters. The van der Waals surface area contributed by atoms with Crippen molar-refractivity contribution in [2.24, 2.45) is 5.73 Å². The summed E-state index contributed by atoms with van der Waals surface area (Å²) < 4.78 is 77.8. The number of likely N-dealkylation sites (N-methyl/N-ethyl adjacent to an activating group) is 1. The molecule has 1 aliphatic rings. The molecule has 1 aromatic carbocycles. The molecule has 5 nitrogen and oxygen atoms in total. The Bertz CT molecular complexity index is 716. The highest BCUT2D eigenvalue weighted by atomic mass is 19.4. The Morgan fingerprint density at radius 1 is 1.15 bits per heavy atom. The third-order valence-electron chi connectivity index (χ3n) is 4.03. The van der Waals surface area contributed by atoms with Crippen molar-refractivity contribution in [3.8, 4) is 0 Å². The molecule has 0 radical (unpaired) electrons. The van der Waals surface area contributed by atoms with Gasteiger partial charge in [-0.05, 0) is 24.6 Å². The zero-order chi connectivity index (χ0) is 19.9. The van der Waals surface area contributed by atoms with Crippen LogP contribution in [0.5, 0.6) is 0 Å². The number of carbonyl (C=O) groups is 2. The SMILES string of the molecule is CNC(=O)[C@@H]1C[C@H](N)CN1C(=O)c1ccc(C(F)(F)F)cc1C(F)(F)F. The van der Waals surface area contributed by atoms with Crippen LogP contribution in [0.25, 0.3) is 0 Å². The second-order valence-corrected chi connectivity index (χ2v) is 5.84. The molecule has 0 aliphatic carbocycles. The Labute approximate surface area is 144 Å². The minimum atomic E-state index is -5.18. The maximum Gasteiger partial charge on any atom is 0.417 e. The lowest BCUT2D eigenvalue weighted by Crippen LogP contribution is -2.45. The Hall–Kier alpha value is -2.30. The highest BCUT2D eigenvalue weighted by molar-refractivity contribution is 5.99. The van der Waals surface area contributed by atoms with Gasteiger partial charge in [0.05, 0.1) is 16.7 Å². The van der Waals surface area contributed by atoms with E-state index in [-0.39, 0.29) is 19.0 Å². The van der Waals surface area contributed by atoms with Crippen molar-refractivity contribution in [2.75, 3.05) is 13.6 Å². The number of benzene rings is 1. The van der Waals surface area contributed by atoms with E-state index in [9.17, 15) is 35.9 Å². The summed E-state index contributed by atoms with van der Waals surface area (Å²) in [6.07, 6.45) is -10.1. The Balaban J connectivity index is 2.50. The first-order valence-electron chi connectivity index (χ1n) is 7.42. The molecule has 0 unspecified atom stereocenters. The first kappa shape index (κ1) is 20.0. The molecule has 1 aromatic rings. The van der Waals surface area contributed by atoms with Gasteiger partial charge in [-0.2, -0.15) is 26.3 Å². The van der Waals surface area contributed by atoms with E-state index in [1.807, 2.05) is 0 Å². The monoisotopic (exact) mass is 383 g/mol. The maximum absolute atomic E-state index is 13.2. The van der Waals surface area contributed by atoms with Crippen molar-refractivity contribution in [3.05, 3.63) is 34.9 Å². The van der Waals surface area contributed by atoms with Gasteiger partial charge in [-0.15, -0.1) is 0 Å². The third-order valence-corrected chi connectivity index (χ3v) is 4.03. The number of amides is 2. The third kappa shape index (κ3) is 3.92. The zero-order valence-corrected chi connectivity index (χ0v) is 13.4. The number of nitrogens with two attached hydrogens (primary N) is 1. The van der Waals surface area contributed by atoms with Crippen molar-refractivity contribution < 1.29 is 35.9 Å². The predicted molar refractivity (Wildman–Crippen MR) is 77.9 cm³/mol. The van der Waals surface area contributed by atoms with E-state index < -0.39 is 52.9 Å². The average molecular weight is 383 g/mol. The van der Waals surface area contributed by atoms with Crippen LogP contribution in [0.1, 0.15) is 27.9 Å². The molecule has 26 heavy (non-hydrogen) atoms. The number of carbonyl (C=O) groups excluding carboxylic acids is 2. The minimum absolute atomic E-state index is 0.0351. The summed E-state index contributed by atoms with van der Waals surface area (Å²) in [7, 11) is 1.29. The van der Waals surface area contributed by atoms with Gasteiger partial charge in [0.1, 0.15) is 6.04 Å². The number of halogens is 6. The number of alkyl halides is 6. The summed E-state index contributed by atoms with van der Waals surface area (Å²) in [5, 5.41) is 2.28. The first-order chi connectivity index (χ1) is 11.9. The van der Waals surface area contributed by atoms with E-state index in [2.05, 4.69) is 5.32 Å². The van der Waals surface area contributed by atoms with Gasteiger partial charge in [-0.3, -0.25) is 9.59 Å². The summed E-state index contributed by atoms with van der Waals surface area (Å²) in [4.78, 5) is 25.3. The van der Waals surface area contributed by atoms with Crippen LogP contribution in [0.15, 0.2) is 18.2 Å². The number of hydrogen-bond donors (Lipinski definition) is 2. The largest absolute Gasteiger partial charge is 0.417 e. The van der Waals surface area contributed by atoms with Crippen molar-refractivity contribution in [3.63, 3.8) is 0 Å². The molecule has 0 spiro atoms. The molecule has 144 valence electrons. The van der Waals surface area contributed by atoms with Crippen LogP contribution in [0.4, 0.5) is 26.3 Å². The summed E-state index contributed by atoms with van der Waals surface area (Å²) in [5.41, 5.74) is 1.48. The smallest absolute Gasteiger partial charge is 0.357 e. The number of likely N-dealkylation sites (tertiary alicyclic amines) is 1. The van der Waals surface area contributed by atoms with Crippen molar-refractivity contribution in [1.29, 1.82) is 0 Å². The van der Waals surface area contributed by atoms with Crippen LogP contribution >= 0.6 is 0 Å². The van der Waals surface area contributed by atoms with E-state index in [1.54, 1.807) is 0 Å². The lowest BCUT2D eigenvalue weighted by molar-refractivity contribution is -0.143. The molecular formula is C15H15F6N3O2. The van der Waals surface area contributed by atoms with Crippen molar-refractivity contribution in [2.45, 2.75) is 30.9 Å². The minimum Gasteiger partial charge on any atom is -0.357 e. The molecule has 0 aromatic heterocycles. The standard InChI is InChI=1S/C15H15F6N3O2/c1-23-12(25)11-5-8(22)6-24(11)13(26)9-3-2-7(14(16,17)18)4-10(9)15(19,20)21/h2-4,8,11H,5-6,22H2,1H3,(H,23,25)/t8-,11-/m0/s1. The molecule has 0 saturated carbocycles. The molecule has 2 amide bonds. The fourth-order valence-electron chi connectivity index (χ4n) is 2.80. The lowest BCUT2D eigenvalue weighted by Gasteiger charge is -2.25. The number of nitrogens with one attached hydrogen (secondary N) is 1. The molecular weight excluding hydrogens is 368 g/mol. The summed E-state index contributed by atoms with van der Waals surface area (Å²) >= 11 is 0. The summed E-state index contributed by atoms with van der Waals surface area (Å²) in [6.45, 7) is -0.185. The number of nitrogens with zero attached hydrogens (tertiary/aromatic N) is 1. The number of rotatable bonds is 2. The normalized spacial score (nSPS) is 21.0. The zero-order valence-electron chi connectivity index (χ0n) is 13.4. The molecule has 2 rings (SSSR count). The average Bonchev–Trinajstić information content (AvgIpc) is 2.93. The van der Waals surface area contributed by atoms with Gasteiger partial charge in [-0.25, -0.2) is 0 Å².